The Balaban J connectivity index is 2.84. The van der Waals surface area contributed by atoms with Gasteiger partial charge in [-0.05, 0) is 12.1 Å². The van der Waals surface area contributed by atoms with Crippen molar-refractivity contribution in [2.24, 2.45) is 0 Å². The van der Waals surface area contributed by atoms with Gasteiger partial charge in [0, 0.05) is 0 Å². The predicted molar refractivity (Wildman–Crippen MR) is 59.2 cm³/mol. The van der Waals surface area contributed by atoms with E-state index in [-0.39, 0.29) is 12.3 Å². The van der Waals surface area contributed by atoms with Crippen LogP contribution in [0.2, 0.25) is 0 Å². The molecular weight excluding hydrogens is 224 g/mol. The molecule has 0 bridgehead atoms. The van der Waals surface area contributed by atoms with Crippen LogP contribution in [-0.4, -0.2) is 26.9 Å². The first-order valence-electron chi connectivity index (χ1n) is 4.76. The fourth-order valence-corrected chi connectivity index (χ4v) is 1.19. The van der Waals surface area contributed by atoms with Crippen LogP contribution < -0.4 is 19.5 Å². The first-order chi connectivity index (χ1) is 8.22. The molecule has 0 unspecified atom stereocenters. The molecule has 0 aromatic heterocycles. The SMILES string of the molecule is COc1cccc(OC(=O)NCC#N)c1OC. The molecule has 1 aromatic carbocycles. The van der Waals surface area contributed by atoms with E-state index in [9.17, 15) is 4.79 Å². The molecule has 90 valence electrons. The fourth-order valence-electron chi connectivity index (χ4n) is 1.19. The minimum absolute atomic E-state index is 0.120. The summed E-state index contributed by atoms with van der Waals surface area (Å²) in [5, 5.41) is 10.6. The van der Waals surface area contributed by atoms with Gasteiger partial charge in [-0.25, -0.2) is 4.79 Å². The molecule has 1 rings (SSSR count). The maximum Gasteiger partial charge on any atom is 0.413 e. The Kier molecular flexibility index (Phi) is 4.63. The molecule has 17 heavy (non-hydrogen) atoms. The number of nitriles is 1. The van der Waals surface area contributed by atoms with Crippen LogP contribution in [0.15, 0.2) is 18.2 Å². The van der Waals surface area contributed by atoms with E-state index < -0.39 is 6.09 Å². The number of amides is 1. The summed E-state index contributed by atoms with van der Waals surface area (Å²) in [6, 6.07) is 6.67. The first kappa shape index (κ1) is 12.6. The molecule has 1 aromatic rings. The zero-order valence-corrected chi connectivity index (χ0v) is 9.52. The van der Waals surface area contributed by atoms with Crippen LogP contribution in [0.25, 0.3) is 0 Å². The molecule has 0 radical (unpaired) electrons. The normalized spacial score (nSPS) is 9.00. The molecule has 0 saturated carbocycles. The summed E-state index contributed by atoms with van der Waals surface area (Å²) in [7, 11) is 2.93. The Hall–Kier alpha value is -2.42. The van der Waals surface area contributed by atoms with E-state index in [4.69, 9.17) is 19.5 Å². The Morgan fingerprint density at radius 3 is 2.65 bits per heavy atom. The van der Waals surface area contributed by atoms with Gasteiger partial charge in [0.05, 0.1) is 20.3 Å². The second-order valence-electron chi connectivity index (χ2n) is 2.89. The number of carbonyl (C=O) groups excluding carboxylic acids is 1. The van der Waals surface area contributed by atoms with Crippen LogP contribution >= 0.6 is 0 Å². The van der Waals surface area contributed by atoms with Crippen LogP contribution in [0.1, 0.15) is 0 Å². The summed E-state index contributed by atoms with van der Waals surface area (Å²) in [5.74, 6) is 1.00. The monoisotopic (exact) mass is 236 g/mol. The van der Waals surface area contributed by atoms with E-state index in [1.54, 1.807) is 24.3 Å². The molecule has 0 aliphatic rings. The number of hydrogen-bond donors (Lipinski definition) is 1. The highest BCUT2D eigenvalue weighted by molar-refractivity contribution is 5.72. The van der Waals surface area contributed by atoms with Crippen LogP contribution in [0.4, 0.5) is 4.79 Å². The summed E-state index contributed by atoms with van der Waals surface area (Å²) in [5.41, 5.74) is 0. The molecule has 0 heterocycles. The molecule has 0 saturated heterocycles. The van der Waals surface area contributed by atoms with Gasteiger partial charge < -0.3 is 19.5 Å². The smallest absolute Gasteiger partial charge is 0.413 e. The highest BCUT2D eigenvalue weighted by atomic mass is 16.6. The quantitative estimate of drug-likeness (QED) is 0.797. The third-order valence-corrected chi connectivity index (χ3v) is 1.88. The van der Waals surface area contributed by atoms with Crippen molar-refractivity contribution in [2.45, 2.75) is 0 Å². The number of ether oxygens (including phenoxy) is 3. The van der Waals surface area contributed by atoms with Crippen LogP contribution in [0, 0.1) is 11.3 Å². The van der Waals surface area contributed by atoms with Crippen LogP contribution in [0.5, 0.6) is 17.2 Å². The van der Waals surface area contributed by atoms with Crippen molar-refractivity contribution >= 4 is 6.09 Å². The summed E-state index contributed by atoms with van der Waals surface area (Å²) in [6.45, 7) is -0.120. The average molecular weight is 236 g/mol. The molecule has 1 N–H and O–H groups in total. The lowest BCUT2D eigenvalue weighted by molar-refractivity contribution is 0.199. The lowest BCUT2D eigenvalue weighted by atomic mass is 10.3. The number of rotatable bonds is 4. The van der Waals surface area contributed by atoms with Crippen LogP contribution in [-0.2, 0) is 0 Å². The predicted octanol–water partition coefficient (Wildman–Crippen LogP) is 1.32. The standard InChI is InChI=1S/C11H12N2O4/c1-15-8-4-3-5-9(10(8)16-2)17-11(14)13-7-6-12/h3-5H,7H2,1-2H3,(H,13,14). The largest absolute Gasteiger partial charge is 0.493 e. The van der Waals surface area contributed by atoms with Gasteiger partial charge in [-0.1, -0.05) is 6.07 Å². The average Bonchev–Trinajstić information content (AvgIpc) is 2.35. The van der Waals surface area contributed by atoms with Crippen molar-refractivity contribution in [1.82, 2.24) is 5.32 Å². The Morgan fingerprint density at radius 1 is 1.35 bits per heavy atom. The first-order valence-corrected chi connectivity index (χ1v) is 4.76. The number of nitrogens with zero attached hydrogens (tertiary/aromatic N) is 1. The van der Waals surface area contributed by atoms with Gasteiger partial charge in [0.25, 0.3) is 0 Å². The maximum absolute atomic E-state index is 11.3. The van der Waals surface area contributed by atoms with E-state index >= 15 is 0 Å². The summed E-state index contributed by atoms with van der Waals surface area (Å²) in [4.78, 5) is 11.3. The fraction of sp³-hybridized carbons (Fsp3) is 0.273. The molecule has 0 aliphatic carbocycles. The van der Waals surface area contributed by atoms with Gasteiger partial charge in [-0.3, -0.25) is 0 Å². The lowest BCUT2D eigenvalue weighted by Gasteiger charge is -2.12. The second-order valence-corrected chi connectivity index (χ2v) is 2.89. The summed E-state index contributed by atoms with van der Waals surface area (Å²) < 4.78 is 15.1. The van der Waals surface area contributed by atoms with Gasteiger partial charge in [0.1, 0.15) is 6.54 Å². The van der Waals surface area contributed by atoms with Gasteiger partial charge in [0.15, 0.2) is 11.5 Å². The highest BCUT2D eigenvalue weighted by Gasteiger charge is 2.13. The van der Waals surface area contributed by atoms with Crippen molar-refractivity contribution in [1.29, 1.82) is 5.26 Å². The van der Waals surface area contributed by atoms with Gasteiger partial charge in [-0.2, -0.15) is 5.26 Å². The Morgan fingerprint density at radius 2 is 2.06 bits per heavy atom. The topological polar surface area (TPSA) is 80.6 Å². The summed E-state index contributed by atoms with van der Waals surface area (Å²) >= 11 is 0. The van der Waals surface area contributed by atoms with E-state index in [0.29, 0.717) is 11.5 Å². The van der Waals surface area contributed by atoms with Crippen molar-refractivity contribution in [3.05, 3.63) is 18.2 Å². The third-order valence-electron chi connectivity index (χ3n) is 1.88. The second kappa shape index (κ2) is 6.23. The molecular formula is C11H12N2O4. The van der Waals surface area contributed by atoms with Crippen molar-refractivity contribution in [3.63, 3.8) is 0 Å². The van der Waals surface area contributed by atoms with Gasteiger partial charge in [0.2, 0.25) is 5.75 Å². The number of para-hydroxylation sites is 1. The number of benzene rings is 1. The number of carbonyl (C=O) groups is 1. The minimum Gasteiger partial charge on any atom is -0.493 e. The number of hydrogen-bond acceptors (Lipinski definition) is 5. The maximum atomic E-state index is 11.3. The lowest BCUT2D eigenvalue weighted by Crippen LogP contribution is -2.27. The number of nitrogens with one attached hydrogen (secondary N) is 1. The number of methoxy groups -OCH3 is 2. The van der Waals surface area contributed by atoms with Crippen LogP contribution in [0.3, 0.4) is 0 Å². The van der Waals surface area contributed by atoms with E-state index in [1.807, 2.05) is 0 Å². The Labute approximate surface area is 98.7 Å². The zero-order chi connectivity index (χ0) is 12.7. The molecule has 0 spiro atoms. The molecule has 6 heteroatoms. The van der Waals surface area contributed by atoms with Gasteiger partial charge in [-0.15, -0.1) is 0 Å². The molecule has 0 aliphatic heterocycles. The van der Waals surface area contributed by atoms with E-state index in [1.165, 1.54) is 14.2 Å². The van der Waals surface area contributed by atoms with E-state index in [0.717, 1.165) is 0 Å². The molecule has 0 atom stereocenters. The minimum atomic E-state index is -0.724. The molecule has 6 nitrogen and oxygen atoms in total. The third kappa shape index (κ3) is 3.28. The summed E-state index contributed by atoms with van der Waals surface area (Å²) in [6.07, 6.45) is -0.724. The van der Waals surface area contributed by atoms with Crippen molar-refractivity contribution in [2.75, 3.05) is 20.8 Å². The highest BCUT2D eigenvalue weighted by Crippen LogP contribution is 2.36. The molecule has 0 fully saturated rings. The zero-order valence-electron chi connectivity index (χ0n) is 9.52. The van der Waals surface area contributed by atoms with Crippen molar-refractivity contribution in [3.8, 4) is 23.3 Å². The van der Waals surface area contributed by atoms with Gasteiger partial charge >= 0.3 is 6.09 Å². The Bertz CT molecular complexity index is 440. The van der Waals surface area contributed by atoms with Crippen molar-refractivity contribution < 1.29 is 19.0 Å². The molecule has 1 amide bonds. The van der Waals surface area contributed by atoms with E-state index in [2.05, 4.69) is 5.32 Å².